The second kappa shape index (κ2) is 6.62. The highest BCUT2D eigenvalue weighted by molar-refractivity contribution is 6.63. The fourth-order valence-electron chi connectivity index (χ4n) is 1.43. The summed E-state index contributed by atoms with van der Waals surface area (Å²) in [5.74, 6) is 0.663. The molecule has 0 spiro atoms. The van der Waals surface area contributed by atoms with Crippen molar-refractivity contribution in [2.24, 2.45) is 5.92 Å². The molecule has 0 atom stereocenters. The van der Waals surface area contributed by atoms with Gasteiger partial charge >= 0.3 is 0 Å². The molecule has 1 aromatic carbocycles. The Hall–Kier alpha value is -0.820. The van der Waals surface area contributed by atoms with Crippen molar-refractivity contribution in [2.75, 3.05) is 0 Å². The molecule has 0 heterocycles. The highest BCUT2D eigenvalue weighted by atomic mass is 35.5. The molecule has 0 bridgehead atoms. The summed E-state index contributed by atoms with van der Waals surface area (Å²) in [5, 5.41) is -0.304. The van der Waals surface area contributed by atoms with Crippen LogP contribution in [0, 0.1) is 5.92 Å². The van der Waals surface area contributed by atoms with Crippen molar-refractivity contribution in [3.05, 3.63) is 35.4 Å². The van der Waals surface area contributed by atoms with Crippen LogP contribution in [0.3, 0.4) is 0 Å². The predicted molar refractivity (Wildman–Crippen MR) is 66.3 cm³/mol. The van der Waals surface area contributed by atoms with Crippen LogP contribution in [0.2, 0.25) is 0 Å². The fourth-order valence-corrected chi connectivity index (χ4v) is 1.58. The van der Waals surface area contributed by atoms with Crippen LogP contribution < -0.4 is 0 Å². The largest absolute Gasteiger partial charge is 0.281 e. The van der Waals surface area contributed by atoms with Gasteiger partial charge in [-0.25, -0.2) is 0 Å². The van der Waals surface area contributed by atoms with Crippen molar-refractivity contribution in [2.45, 2.75) is 34.1 Å². The van der Waals surface area contributed by atoms with Gasteiger partial charge in [-0.3, -0.25) is 4.79 Å². The van der Waals surface area contributed by atoms with Gasteiger partial charge in [0.1, 0.15) is 0 Å². The number of benzene rings is 1. The van der Waals surface area contributed by atoms with Crippen LogP contribution in [0.4, 0.5) is 0 Å². The SMILES string of the molecule is C.CC(C)Cc1ccc(CC(=O)Cl)cc1. The Morgan fingerprint density at radius 2 is 1.67 bits per heavy atom. The van der Waals surface area contributed by atoms with Crippen molar-refractivity contribution < 1.29 is 4.79 Å². The van der Waals surface area contributed by atoms with Crippen molar-refractivity contribution >= 4 is 16.8 Å². The van der Waals surface area contributed by atoms with Crippen LogP contribution in [0.5, 0.6) is 0 Å². The first-order chi connectivity index (χ1) is 6.58. The summed E-state index contributed by atoms with van der Waals surface area (Å²) in [6.07, 6.45) is 1.40. The summed E-state index contributed by atoms with van der Waals surface area (Å²) in [6.45, 7) is 4.38. The van der Waals surface area contributed by atoms with Gasteiger partial charge in [0.15, 0.2) is 0 Å². The van der Waals surface area contributed by atoms with Gasteiger partial charge in [-0.05, 0) is 35.1 Å². The molecule has 0 aliphatic rings. The Labute approximate surface area is 97.5 Å². The number of halogens is 1. The fraction of sp³-hybridized carbons (Fsp3) is 0.462. The van der Waals surface area contributed by atoms with Crippen molar-refractivity contribution in [1.82, 2.24) is 0 Å². The molecule has 0 aliphatic carbocycles. The van der Waals surface area contributed by atoms with Crippen molar-refractivity contribution in [3.8, 4) is 0 Å². The third-order valence-electron chi connectivity index (χ3n) is 2.01. The van der Waals surface area contributed by atoms with Crippen LogP contribution in [-0.4, -0.2) is 5.24 Å². The molecular formula is C13H19ClO. The Morgan fingerprint density at radius 3 is 2.07 bits per heavy atom. The van der Waals surface area contributed by atoms with E-state index in [0.717, 1.165) is 12.0 Å². The van der Waals surface area contributed by atoms with E-state index >= 15 is 0 Å². The maximum Gasteiger partial charge on any atom is 0.226 e. The van der Waals surface area contributed by atoms with E-state index in [9.17, 15) is 4.79 Å². The quantitative estimate of drug-likeness (QED) is 0.714. The molecule has 84 valence electrons. The first-order valence-electron chi connectivity index (χ1n) is 4.84. The number of hydrogen-bond acceptors (Lipinski definition) is 1. The lowest BCUT2D eigenvalue weighted by atomic mass is 10.0. The molecule has 2 heteroatoms. The van der Waals surface area contributed by atoms with Crippen LogP contribution >= 0.6 is 11.6 Å². The summed E-state index contributed by atoms with van der Waals surface area (Å²) in [4.78, 5) is 10.6. The van der Waals surface area contributed by atoms with E-state index < -0.39 is 0 Å². The predicted octanol–water partition coefficient (Wildman–Crippen LogP) is 3.83. The zero-order chi connectivity index (χ0) is 10.6. The van der Waals surface area contributed by atoms with Crippen molar-refractivity contribution in [3.63, 3.8) is 0 Å². The smallest absolute Gasteiger partial charge is 0.226 e. The average molecular weight is 227 g/mol. The summed E-state index contributed by atoms with van der Waals surface area (Å²) in [5.41, 5.74) is 2.29. The molecule has 0 saturated carbocycles. The monoisotopic (exact) mass is 226 g/mol. The van der Waals surface area contributed by atoms with E-state index in [0.29, 0.717) is 12.3 Å². The van der Waals surface area contributed by atoms with E-state index in [4.69, 9.17) is 11.6 Å². The lowest BCUT2D eigenvalue weighted by Crippen LogP contribution is -1.96. The minimum atomic E-state index is -0.304. The Balaban J connectivity index is 0.00000196. The molecule has 0 aromatic heterocycles. The van der Waals surface area contributed by atoms with Gasteiger partial charge in [-0.15, -0.1) is 0 Å². The summed E-state index contributed by atoms with van der Waals surface area (Å²) in [7, 11) is 0. The summed E-state index contributed by atoms with van der Waals surface area (Å²) in [6, 6.07) is 8.07. The van der Waals surface area contributed by atoms with Crippen LogP contribution in [0.15, 0.2) is 24.3 Å². The van der Waals surface area contributed by atoms with Crippen LogP contribution in [0.1, 0.15) is 32.4 Å². The van der Waals surface area contributed by atoms with Gasteiger partial charge in [0.25, 0.3) is 0 Å². The van der Waals surface area contributed by atoms with Crippen LogP contribution in [-0.2, 0) is 17.6 Å². The van der Waals surface area contributed by atoms with E-state index in [1.165, 1.54) is 5.56 Å². The molecule has 0 aliphatic heterocycles. The Morgan fingerprint density at radius 1 is 1.20 bits per heavy atom. The highest BCUT2D eigenvalue weighted by Crippen LogP contribution is 2.10. The van der Waals surface area contributed by atoms with Gasteiger partial charge in [0, 0.05) is 6.42 Å². The first kappa shape index (κ1) is 14.2. The maximum atomic E-state index is 10.6. The van der Waals surface area contributed by atoms with Gasteiger partial charge in [-0.2, -0.15) is 0 Å². The normalized spacial score (nSPS) is 9.87. The molecule has 0 fully saturated rings. The van der Waals surface area contributed by atoms with E-state index in [1.54, 1.807) is 0 Å². The Kier molecular flexibility index (Phi) is 6.26. The molecule has 15 heavy (non-hydrogen) atoms. The van der Waals surface area contributed by atoms with Crippen LogP contribution in [0.25, 0.3) is 0 Å². The number of hydrogen-bond donors (Lipinski definition) is 0. The third-order valence-corrected chi connectivity index (χ3v) is 2.14. The van der Waals surface area contributed by atoms with Gasteiger partial charge in [0.2, 0.25) is 5.24 Å². The Bertz CT molecular complexity index is 301. The van der Waals surface area contributed by atoms with Crippen molar-refractivity contribution in [1.29, 1.82) is 0 Å². The molecule has 0 unspecified atom stereocenters. The van der Waals surface area contributed by atoms with E-state index in [1.807, 2.05) is 12.1 Å². The topological polar surface area (TPSA) is 17.1 Å². The maximum absolute atomic E-state index is 10.6. The number of rotatable bonds is 4. The summed E-state index contributed by atoms with van der Waals surface area (Å²) < 4.78 is 0. The zero-order valence-corrected chi connectivity index (χ0v) is 9.34. The first-order valence-corrected chi connectivity index (χ1v) is 5.22. The lowest BCUT2D eigenvalue weighted by Gasteiger charge is -2.05. The van der Waals surface area contributed by atoms with Gasteiger partial charge < -0.3 is 0 Å². The standard InChI is InChI=1S/C12H15ClO.CH4/c1-9(2)7-10-3-5-11(6-4-10)8-12(13)14;/h3-6,9H,7-8H2,1-2H3;1H4. The molecule has 1 rings (SSSR count). The minimum absolute atomic E-state index is 0. The summed E-state index contributed by atoms with van der Waals surface area (Å²) >= 11 is 5.30. The van der Waals surface area contributed by atoms with E-state index in [2.05, 4.69) is 26.0 Å². The molecule has 0 saturated heterocycles. The molecule has 1 aromatic rings. The molecule has 1 nitrogen and oxygen atoms in total. The second-order valence-corrected chi connectivity index (χ2v) is 4.37. The third kappa shape index (κ3) is 5.58. The second-order valence-electron chi connectivity index (χ2n) is 3.95. The molecule has 0 N–H and O–H groups in total. The van der Waals surface area contributed by atoms with Gasteiger partial charge in [-0.1, -0.05) is 45.5 Å². The average Bonchev–Trinajstić information content (AvgIpc) is 2.06. The zero-order valence-electron chi connectivity index (χ0n) is 8.59. The molecular weight excluding hydrogens is 208 g/mol. The highest BCUT2D eigenvalue weighted by Gasteiger charge is 2.00. The van der Waals surface area contributed by atoms with Gasteiger partial charge in [0.05, 0.1) is 0 Å². The number of carbonyl (C=O) groups excluding carboxylic acids is 1. The minimum Gasteiger partial charge on any atom is -0.281 e. The van der Waals surface area contributed by atoms with E-state index in [-0.39, 0.29) is 12.7 Å². The molecule has 0 radical (unpaired) electrons. The number of carbonyl (C=O) groups is 1. The molecule has 0 amide bonds. The lowest BCUT2D eigenvalue weighted by molar-refractivity contribution is -0.111.